The van der Waals surface area contributed by atoms with Crippen molar-refractivity contribution in [2.45, 2.75) is 50.9 Å². The van der Waals surface area contributed by atoms with Crippen LogP contribution in [0.3, 0.4) is 0 Å². The molecule has 1 heterocycles. The summed E-state index contributed by atoms with van der Waals surface area (Å²) in [5.74, 6) is -1.27. The minimum Gasteiger partial charge on any atom is -0.490 e. The molecular formula is C25H28F4N2O6. The van der Waals surface area contributed by atoms with Crippen LogP contribution in [0, 0.1) is 0 Å². The lowest BCUT2D eigenvalue weighted by molar-refractivity contribution is -0.274. The Hall–Kier alpha value is -3.54. The number of likely N-dealkylation sites (tertiary alicyclic amines) is 1. The Morgan fingerprint density at radius 2 is 1.76 bits per heavy atom. The van der Waals surface area contributed by atoms with Crippen molar-refractivity contribution in [3.63, 3.8) is 0 Å². The van der Waals surface area contributed by atoms with E-state index in [1.54, 1.807) is 13.8 Å². The normalized spacial score (nSPS) is 18.3. The maximum atomic E-state index is 15.0. The van der Waals surface area contributed by atoms with E-state index < -0.39 is 41.8 Å². The Labute approximate surface area is 210 Å². The molecule has 3 rings (SSSR count). The number of hydrogen-bond acceptors (Lipinski definition) is 6. The fraction of sp³-hybridized carbons (Fsp3) is 0.440. The molecule has 12 heteroatoms. The molecule has 8 nitrogen and oxygen atoms in total. The fourth-order valence-electron chi connectivity index (χ4n) is 3.65. The summed E-state index contributed by atoms with van der Waals surface area (Å²) in [7, 11) is 0. The molecule has 1 aliphatic heterocycles. The molecule has 1 saturated heterocycles. The van der Waals surface area contributed by atoms with Gasteiger partial charge in [-0.25, -0.2) is 4.39 Å². The zero-order valence-electron chi connectivity index (χ0n) is 20.3. The van der Waals surface area contributed by atoms with Crippen molar-refractivity contribution in [2.24, 2.45) is 5.73 Å². The minimum atomic E-state index is -4.82. The summed E-state index contributed by atoms with van der Waals surface area (Å²) < 4.78 is 67.0. The number of carbonyl (C=O) groups is 2. The molecule has 0 bridgehead atoms. The number of benzene rings is 2. The van der Waals surface area contributed by atoms with E-state index in [1.165, 1.54) is 35.2 Å². The molecule has 37 heavy (non-hydrogen) atoms. The number of halogens is 4. The third kappa shape index (κ3) is 8.52. The maximum absolute atomic E-state index is 15.0. The van der Waals surface area contributed by atoms with E-state index in [0.29, 0.717) is 5.56 Å². The van der Waals surface area contributed by atoms with E-state index in [9.17, 15) is 27.9 Å². The maximum Gasteiger partial charge on any atom is 0.573 e. The molecular weight excluding hydrogens is 500 g/mol. The molecule has 0 radical (unpaired) electrons. The number of alkyl halides is 4. The summed E-state index contributed by atoms with van der Waals surface area (Å²) in [5, 5.41) is 9.84. The van der Waals surface area contributed by atoms with Crippen LogP contribution in [-0.2, 0) is 11.2 Å². The van der Waals surface area contributed by atoms with Crippen LogP contribution in [0.5, 0.6) is 17.2 Å². The fourth-order valence-corrected chi connectivity index (χ4v) is 3.65. The predicted molar refractivity (Wildman–Crippen MR) is 124 cm³/mol. The van der Waals surface area contributed by atoms with Crippen LogP contribution in [0.15, 0.2) is 42.5 Å². The second kappa shape index (κ2) is 11.2. The highest BCUT2D eigenvalue weighted by Crippen LogP contribution is 2.29. The highest BCUT2D eigenvalue weighted by atomic mass is 19.4. The topological polar surface area (TPSA) is 111 Å². The molecule has 0 aromatic heterocycles. The van der Waals surface area contributed by atoms with Crippen LogP contribution >= 0.6 is 0 Å². The molecule has 1 fully saturated rings. The molecule has 2 atom stereocenters. The van der Waals surface area contributed by atoms with Crippen molar-refractivity contribution < 1.29 is 46.5 Å². The number of aliphatic hydroxyl groups is 1. The van der Waals surface area contributed by atoms with Gasteiger partial charge in [0, 0.05) is 19.0 Å². The molecule has 2 aromatic carbocycles. The molecule has 0 aliphatic carbocycles. The number of piperidine rings is 1. The number of carbonyl (C=O) groups excluding carboxylic acids is 2. The third-order valence-electron chi connectivity index (χ3n) is 5.44. The molecule has 3 N–H and O–H groups in total. The Morgan fingerprint density at radius 1 is 1.11 bits per heavy atom. The smallest absolute Gasteiger partial charge is 0.490 e. The predicted octanol–water partition coefficient (Wildman–Crippen LogP) is 3.39. The van der Waals surface area contributed by atoms with Crippen molar-refractivity contribution in [1.82, 2.24) is 4.90 Å². The van der Waals surface area contributed by atoms with Crippen molar-refractivity contribution >= 4 is 11.8 Å². The number of nitrogens with two attached hydrogens (primary N) is 1. The van der Waals surface area contributed by atoms with Crippen LogP contribution in [0.4, 0.5) is 17.6 Å². The minimum absolute atomic E-state index is 0.0225. The lowest BCUT2D eigenvalue weighted by Crippen LogP contribution is -2.49. The van der Waals surface area contributed by atoms with Crippen molar-refractivity contribution in [3.8, 4) is 17.2 Å². The molecule has 0 saturated carbocycles. The quantitative estimate of drug-likeness (QED) is 0.483. The van der Waals surface area contributed by atoms with Crippen molar-refractivity contribution in [1.29, 1.82) is 0 Å². The summed E-state index contributed by atoms with van der Waals surface area (Å²) in [4.78, 5) is 25.8. The van der Waals surface area contributed by atoms with Gasteiger partial charge in [0.1, 0.15) is 30.0 Å². The zero-order valence-corrected chi connectivity index (χ0v) is 20.3. The van der Waals surface area contributed by atoms with Gasteiger partial charge in [0.05, 0.1) is 24.1 Å². The van der Waals surface area contributed by atoms with Crippen molar-refractivity contribution in [2.75, 3.05) is 19.7 Å². The Morgan fingerprint density at radius 3 is 2.32 bits per heavy atom. The molecule has 1 unspecified atom stereocenters. The lowest BCUT2D eigenvalue weighted by atomic mass is 10.0. The van der Waals surface area contributed by atoms with Gasteiger partial charge in [0.25, 0.3) is 5.91 Å². The molecule has 1 aliphatic rings. The number of ether oxygens (including phenoxy) is 3. The van der Waals surface area contributed by atoms with Gasteiger partial charge >= 0.3 is 6.36 Å². The van der Waals surface area contributed by atoms with Crippen LogP contribution in [-0.4, -0.2) is 65.8 Å². The first-order valence-electron chi connectivity index (χ1n) is 11.4. The Balaban J connectivity index is 1.60. The largest absolute Gasteiger partial charge is 0.573 e. The van der Waals surface area contributed by atoms with E-state index in [2.05, 4.69) is 4.74 Å². The summed E-state index contributed by atoms with van der Waals surface area (Å²) in [6.45, 7) is 2.98. The number of rotatable bonds is 9. The Bertz CT molecular complexity index is 1100. The standard InChI is InChI=1S/C25H28F4N2O6/c1-24(2,34)14-35-17-7-8-18(23(30)33)21(12-17)36-20-9-10-31(13-19(20)26)22(32)11-15-3-5-16(6-4-15)37-25(27,28)29/h3-8,12,19-20,34H,9-11,13-14H2,1-2H3,(H2,30,33)/t19?,20-/m1/s1. The van der Waals surface area contributed by atoms with Gasteiger partial charge in [0.2, 0.25) is 5.91 Å². The van der Waals surface area contributed by atoms with Gasteiger partial charge in [-0.15, -0.1) is 13.2 Å². The zero-order chi connectivity index (χ0) is 27.4. The monoisotopic (exact) mass is 528 g/mol. The lowest BCUT2D eigenvalue weighted by Gasteiger charge is -2.35. The molecule has 2 amide bonds. The number of nitrogens with zero attached hydrogens (tertiary/aromatic N) is 1. The average molecular weight is 528 g/mol. The van der Waals surface area contributed by atoms with Crippen LogP contribution in [0.1, 0.15) is 36.2 Å². The first-order valence-corrected chi connectivity index (χ1v) is 11.4. The van der Waals surface area contributed by atoms with Crippen LogP contribution in [0.25, 0.3) is 0 Å². The Kier molecular flexibility index (Phi) is 8.52. The average Bonchev–Trinajstić information content (AvgIpc) is 2.79. The van der Waals surface area contributed by atoms with E-state index in [4.69, 9.17) is 15.2 Å². The van der Waals surface area contributed by atoms with Crippen LogP contribution < -0.4 is 19.9 Å². The van der Waals surface area contributed by atoms with E-state index in [-0.39, 0.29) is 49.6 Å². The number of amides is 2. The second-order valence-corrected chi connectivity index (χ2v) is 9.29. The summed E-state index contributed by atoms with van der Waals surface area (Å²) in [5.41, 5.74) is 4.78. The highest BCUT2D eigenvalue weighted by molar-refractivity contribution is 5.95. The molecule has 2 aromatic rings. The first-order chi connectivity index (χ1) is 17.2. The van der Waals surface area contributed by atoms with E-state index in [0.717, 1.165) is 12.1 Å². The summed E-state index contributed by atoms with van der Waals surface area (Å²) >= 11 is 0. The van der Waals surface area contributed by atoms with Gasteiger partial charge in [-0.1, -0.05) is 12.1 Å². The van der Waals surface area contributed by atoms with Crippen molar-refractivity contribution in [3.05, 3.63) is 53.6 Å². The van der Waals surface area contributed by atoms with Crippen LogP contribution in [0.2, 0.25) is 0 Å². The third-order valence-corrected chi connectivity index (χ3v) is 5.44. The van der Waals surface area contributed by atoms with Gasteiger partial charge in [0.15, 0.2) is 6.17 Å². The number of hydrogen-bond donors (Lipinski definition) is 2. The first kappa shape index (κ1) is 28.0. The van der Waals surface area contributed by atoms with E-state index in [1.807, 2.05) is 0 Å². The SMILES string of the molecule is CC(C)(O)COc1ccc(C(N)=O)c(O[C@@H]2CCN(C(=O)Cc3ccc(OC(F)(F)F)cc3)CC2F)c1. The summed E-state index contributed by atoms with van der Waals surface area (Å²) in [6.07, 6.45) is -7.37. The highest BCUT2D eigenvalue weighted by Gasteiger charge is 2.34. The summed E-state index contributed by atoms with van der Waals surface area (Å²) in [6, 6.07) is 9.12. The van der Waals surface area contributed by atoms with Gasteiger partial charge in [-0.3, -0.25) is 9.59 Å². The molecule has 0 spiro atoms. The number of primary amides is 1. The molecule has 202 valence electrons. The van der Waals surface area contributed by atoms with E-state index >= 15 is 4.39 Å². The second-order valence-electron chi connectivity index (χ2n) is 9.29. The van der Waals surface area contributed by atoms with Gasteiger partial charge < -0.3 is 30.0 Å². The van der Waals surface area contributed by atoms with Gasteiger partial charge in [-0.2, -0.15) is 0 Å². The van der Waals surface area contributed by atoms with Gasteiger partial charge in [-0.05, 0) is 43.7 Å².